The topological polar surface area (TPSA) is 90.4 Å². The zero-order valence-corrected chi connectivity index (χ0v) is 13.4. The molecule has 2 aromatic rings. The van der Waals surface area contributed by atoms with Crippen LogP contribution in [0, 0.1) is 0 Å². The quantitative estimate of drug-likeness (QED) is 0.780. The minimum Gasteiger partial charge on any atom is -0.390 e. The number of rotatable bonds is 5. The van der Waals surface area contributed by atoms with Crippen LogP contribution in [0.5, 0.6) is 0 Å². The van der Waals surface area contributed by atoms with Crippen LogP contribution in [0.3, 0.4) is 0 Å². The molecule has 3 heterocycles. The number of pyridine rings is 2. The molecular formula is C17H21N5O2. The van der Waals surface area contributed by atoms with Gasteiger partial charge in [0.15, 0.2) is 5.82 Å². The van der Waals surface area contributed by atoms with Gasteiger partial charge in [-0.1, -0.05) is 6.07 Å². The fraction of sp³-hybridized carbons (Fsp3) is 0.353. The zero-order chi connectivity index (χ0) is 16.8. The third kappa shape index (κ3) is 3.99. The molecule has 0 aliphatic carbocycles. The van der Waals surface area contributed by atoms with Gasteiger partial charge in [-0.25, -0.2) is 9.78 Å². The number of aromatic nitrogens is 2. The van der Waals surface area contributed by atoms with Gasteiger partial charge in [-0.15, -0.1) is 0 Å². The maximum Gasteiger partial charge on any atom is 0.319 e. The molecule has 0 saturated carbocycles. The lowest BCUT2D eigenvalue weighted by atomic mass is 10.3. The van der Waals surface area contributed by atoms with Gasteiger partial charge in [-0.3, -0.25) is 4.98 Å². The van der Waals surface area contributed by atoms with Crippen molar-refractivity contribution in [3.05, 3.63) is 47.9 Å². The van der Waals surface area contributed by atoms with E-state index in [-0.39, 0.29) is 12.6 Å². The van der Waals surface area contributed by atoms with Gasteiger partial charge in [0, 0.05) is 19.3 Å². The molecule has 2 amide bonds. The van der Waals surface area contributed by atoms with E-state index < -0.39 is 0 Å². The third-order valence-corrected chi connectivity index (χ3v) is 3.90. The lowest BCUT2D eigenvalue weighted by molar-refractivity contribution is 0.251. The van der Waals surface area contributed by atoms with Crippen molar-refractivity contribution in [2.45, 2.75) is 26.0 Å². The molecule has 126 valence electrons. The van der Waals surface area contributed by atoms with E-state index >= 15 is 0 Å². The summed E-state index contributed by atoms with van der Waals surface area (Å²) < 4.78 is 0. The maximum absolute atomic E-state index is 12.2. The van der Waals surface area contributed by atoms with Gasteiger partial charge in [-0.2, -0.15) is 0 Å². The number of aliphatic hydroxyl groups is 1. The van der Waals surface area contributed by atoms with E-state index in [4.69, 9.17) is 5.11 Å². The summed E-state index contributed by atoms with van der Waals surface area (Å²) in [6.45, 7) is 2.10. The molecule has 0 bridgehead atoms. The van der Waals surface area contributed by atoms with Gasteiger partial charge in [0.2, 0.25) is 0 Å². The molecule has 1 fully saturated rings. The number of anilines is 2. The Labute approximate surface area is 140 Å². The molecular weight excluding hydrogens is 306 g/mol. The summed E-state index contributed by atoms with van der Waals surface area (Å²) in [7, 11) is 0. The zero-order valence-electron chi connectivity index (χ0n) is 13.4. The van der Waals surface area contributed by atoms with Crippen LogP contribution < -0.4 is 15.5 Å². The van der Waals surface area contributed by atoms with Crippen LogP contribution >= 0.6 is 0 Å². The fourth-order valence-corrected chi connectivity index (χ4v) is 2.73. The minimum absolute atomic E-state index is 0.116. The second-order valence-electron chi connectivity index (χ2n) is 5.65. The second-order valence-corrected chi connectivity index (χ2v) is 5.65. The van der Waals surface area contributed by atoms with Gasteiger partial charge in [0.25, 0.3) is 0 Å². The van der Waals surface area contributed by atoms with Crippen LogP contribution in [0.25, 0.3) is 0 Å². The molecule has 3 N–H and O–H groups in total. The molecule has 3 rings (SSSR count). The van der Waals surface area contributed by atoms with Crippen LogP contribution in [0.1, 0.15) is 24.2 Å². The number of hydrogen-bond donors (Lipinski definition) is 3. The standard InChI is InChI=1S/C17H21N5O2/c23-12-14-6-3-5-13(20-14)11-19-17(24)21-15-7-4-8-18-16(15)22-9-1-2-10-22/h3-8,23H,1-2,9-12H2,(H2,19,21,24). The molecule has 0 radical (unpaired) electrons. The first-order valence-electron chi connectivity index (χ1n) is 8.07. The van der Waals surface area contributed by atoms with Gasteiger partial charge in [0.1, 0.15) is 0 Å². The average Bonchev–Trinajstić information content (AvgIpc) is 3.15. The Morgan fingerprint density at radius 1 is 1.17 bits per heavy atom. The van der Waals surface area contributed by atoms with Crippen molar-refractivity contribution in [2.75, 3.05) is 23.3 Å². The summed E-state index contributed by atoms with van der Waals surface area (Å²) in [5, 5.41) is 14.7. The Morgan fingerprint density at radius 2 is 1.96 bits per heavy atom. The van der Waals surface area contributed by atoms with Crippen molar-refractivity contribution >= 4 is 17.5 Å². The number of carbonyl (C=O) groups excluding carboxylic acids is 1. The van der Waals surface area contributed by atoms with Gasteiger partial charge < -0.3 is 20.6 Å². The molecule has 1 saturated heterocycles. The molecule has 0 spiro atoms. The lowest BCUT2D eigenvalue weighted by Gasteiger charge is -2.20. The monoisotopic (exact) mass is 327 g/mol. The summed E-state index contributed by atoms with van der Waals surface area (Å²) >= 11 is 0. The molecule has 0 aromatic carbocycles. The predicted molar refractivity (Wildman–Crippen MR) is 91.7 cm³/mol. The second kappa shape index (κ2) is 7.74. The van der Waals surface area contributed by atoms with E-state index in [1.54, 1.807) is 24.4 Å². The Morgan fingerprint density at radius 3 is 2.75 bits per heavy atom. The van der Waals surface area contributed by atoms with Crippen molar-refractivity contribution in [1.82, 2.24) is 15.3 Å². The van der Waals surface area contributed by atoms with Gasteiger partial charge >= 0.3 is 6.03 Å². The number of nitrogens with one attached hydrogen (secondary N) is 2. The normalized spacial score (nSPS) is 13.8. The molecule has 2 aromatic heterocycles. The Bertz CT molecular complexity index is 701. The summed E-state index contributed by atoms with van der Waals surface area (Å²) in [4.78, 5) is 23.0. The number of aliphatic hydroxyl groups excluding tert-OH is 1. The van der Waals surface area contributed by atoms with Crippen LogP contribution in [0.15, 0.2) is 36.5 Å². The molecule has 1 aliphatic rings. The van der Waals surface area contributed by atoms with Crippen LogP contribution in [-0.2, 0) is 13.2 Å². The number of urea groups is 1. The van der Waals surface area contributed by atoms with Crippen LogP contribution in [0.4, 0.5) is 16.3 Å². The number of nitrogens with zero attached hydrogens (tertiary/aromatic N) is 3. The van der Waals surface area contributed by atoms with E-state index in [0.29, 0.717) is 23.6 Å². The molecule has 7 nitrogen and oxygen atoms in total. The summed E-state index contributed by atoms with van der Waals surface area (Å²) in [6, 6.07) is 8.70. The number of carbonyl (C=O) groups is 1. The lowest BCUT2D eigenvalue weighted by Crippen LogP contribution is -2.30. The van der Waals surface area contributed by atoms with Gasteiger partial charge in [-0.05, 0) is 37.1 Å². The highest BCUT2D eigenvalue weighted by atomic mass is 16.3. The molecule has 7 heteroatoms. The number of amides is 2. The van der Waals surface area contributed by atoms with Crippen LogP contribution in [-0.4, -0.2) is 34.2 Å². The minimum atomic E-state index is -0.306. The van der Waals surface area contributed by atoms with Gasteiger partial charge in [0.05, 0.1) is 30.2 Å². The average molecular weight is 327 g/mol. The van der Waals surface area contributed by atoms with Crippen molar-refractivity contribution in [3.63, 3.8) is 0 Å². The Hall–Kier alpha value is -2.67. The summed E-state index contributed by atoms with van der Waals surface area (Å²) in [5.74, 6) is 0.811. The fourth-order valence-electron chi connectivity index (χ4n) is 2.73. The van der Waals surface area contributed by atoms with Crippen molar-refractivity contribution in [2.24, 2.45) is 0 Å². The highest BCUT2D eigenvalue weighted by Crippen LogP contribution is 2.25. The Kier molecular flexibility index (Phi) is 5.22. The van der Waals surface area contributed by atoms with E-state index in [0.717, 1.165) is 31.7 Å². The van der Waals surface area contributed by atoms with Crippen LogP contribution in [0.2, 0.25) is 0 Å². The SMILES string of the molecule is O=C(NCc1cccc(CO)n1)Nc1cccnc1N1CCCC1. The third-order valence-electron chi connectivity index (χ3n) is 3.90. The molecule has 0 unspecified atom stereocenters. The first-order valence-corrected chi connectivity index (χ1v) is 8.07. The molecule has 1 aliphatic heterocycles. The maximum atomic E-state index is 12.2. The molecule has 24 heavy (non-hydrogen) atoms. The van der Waals surface area contributed by atoms with E-state index in [1.807, 2.05) is 12.1 Å². The largest absolute Gasteiger partial charge is 0.390 e. The Balaban J connectivity index is 1.60. The summed E-state index contributed by atoms with van der Waals surface area (Å²) in [5.41, 5.74) is 1.98. The number of hydrogen-bond acceptors (Lipinski definition) is 5. The highest BCUT2D eigenvalue weighted by molar-refractivity contribution is 5.92. The molecule has 0 atom stereocenters. The van der Waals surface area contributed by atoms with E-state index in [9.17, 15) is 4.79 Å². The smallest absolute Gasteiger partial charge is 0.319 e. The highest BCUT2D eigenvalue weighted by Gasteiger charge is 2.17. The first-order chi connectivity index (χ1) is 11.8. The van der Waals surface area contributed by atoms with E-state index in [1.165, 1.54) is 0 Å². The predicted octanol–water partition coefficient (Wildman–Crippen LogP) is 1.89. The van der Waals surface area contributed by atoms with Crippen molar-refractivity contribution in [1.29, 1.82) is 0 Å². The first kappa shape index (κ1) is 16.2. The van der Waals surface area contributed by atoms with E-state index in [2.05, 4.69) is 25.5 Å². The van der Waals surface area contributed by atoms with Crippen molar-refractivity contribution in [3.8, 4) is 0 Å². The van der Waals surface area contributed by atoms with Crippen molar-refractivity contribution < 1.29 is 9.90 Å². The summed E-state index contributed by atoms with van der Waals surface area (Å²) in [6.07, 6.45) is 4.03.